The minimum atomic E-state index is 0.188. The molecule has 0 aromatic rings. The normalized spacial score (nSPS) is 17.6. The molecule has 0 saturated heterocycles. The first-order valence-corrected chi connectivity index (χ1v) is 9.11. The first-order chi connectivity index (χ1) is 3.48. The lowest BCUT2D eigenvalue weighted by molar-refractivity contribution is 0.800. The van der Waals surface area contributed by atoms with Crippen LogP contribution >= 0.6 is 33.1 Å². The lowest BCUT2D eigenvalue weighted by Crippen LogP contribution is -2.04. The average molecular weight is 186 g/mol. The maximum Gasteiger partial charge on any atom is -0.0106 e. The van der Waals surface area contributed by atoms with Gasteiger partial charge in [-0.3, -0.25) is 0 Å². The Morgan fingerprint density at radius 3 is 1.75 bits per heavy atom. The molecular weight excluding hydrogens is 172 g/mol. The van der Waals surface area contributed by atoms with Crippen LogP contribution in [0.1, 0.15) is 20.8 Å². The molecule has 4 unspecified atom stereocenters. The van der Waals surface area contributed by atoms with Gasteiger partial charge >= 0.3 is 0 Å². The van der Waals surface area contributed by atoms with Gasteiger partial charge in [0.05, 0.1) is 0 Å². The third-order valence-electron chi connectivity index (χ3n) is 0.862. The van der Waals surface area contributed by atoms with Crippen LogP contribution in [-0.4, -0.2) is 5.16 Å². The Hall–Kier alpha value is 1.72. The van der Waals surface area contributed by atoms with Crippen LogP contribution in [0.3, 0.4) is 0 Å². The molecule has 0 rings (SSSR count). The second kappa shape index (κ2) is 3.78. The summed E-state index contributed by atoms with van der Waals surface area (Å²) in [6.07, 6.45) is 0. The van der Waals surface area contributed by atoms with Gasteiger partial charge in [0.25, 0.3) is 0 Å². The SMILES string of the molecule is CC(C)(C)P(P)PP. The van der Waals surface area contributed by atoms with Crippen molar-refractivity contribution in [2.45, 2.75) is 25.9 Å². The molecule has 0 aliphatic rings. The maximum atomic E-state index is 2.94. The minimum absolute atomic E-state index is 0.188. The van der Waals surface area contributed by atoms with Crippen molar-refractivity contribution >= 4 is 33.1 Å². The van der Waals surface area contributed by atoms with E-state index in [0.717, 1.165) is 7.96 Å². The zero-order valence-electron chi connectivity index (χ0n) is 5.60. The third-order valence-corrected chi connectivity index (χ3v) is 14.3. The van der Waals surface area contributed by atoms with E-state index in [0.29, 0.717) is 5.16 Å². The Balaban J connectivity index is 3.62. The molecule has 0 aromatic carbocycles. The first kappa shape index (κ1) is 9.72. The molecule has 4 atom stereocenters. The highest BCUT2D eigenvalue weighted by molar-refractivity contribution is 8.61. The Kier molecular flexibility index (Phi) is 4.60. The van der Waals surface area contributed by atoms with Gasteiger partial charge in [0.2, 0.25) is 0 Å². The topological polar surface area (TPSA) is 0 Å². The molecule has 0 N–H and O–H groups in total. The average Bonchev–Trinajstić information content (AvgIpc) is 1.62. The second-order valence-electron chi connectivity index (χ2n) is 2.67. The zero-order chi connectivity index (χ0) is 6.78. The summed E-state index contributed by atoms with van der Waals surface area (Å²) in [5, 5.41) is 0.528. The summed E-state index contributed by atoms with van der Waals surface area (Å²) in [6.45, 7) is 6.88. The van der Waals surface area contributed by atoms with Crippen LogP contribution in [0.5, 0.6) is 0 Å². The summed E-state index contributed by atoms with van der Waals surface area (Å²) in [6, 6.07) is 0. The highest BCUT2D eigenvalue weighted by Gasteiger charge is 2.17. The molecule has 0 aliphatic carbocycles. The second-order valence-corrected chi connectivity index (χ2v) is 12.7. The predicted molar refractivity (Wildman–Crippen MR) is 54.4 cm³/mol. The molecule has 8 heavy (non-hydrogen) atoms. The predicted octanol–water partition coefficient (Wildman–Crippen LogP) is 3.44. The molecule has 0 radical (unpaired) electrons. The fourth-order valence-electron chi connectivity index (χ4n) is 0.194. The van der Waals surface area contributed by atoms with Crippen molar-refractivity contribution in [2.75, 3.05) is 0 Å². The number of rotatable bonds is 1. The maximum absolute atomic E-state index is 2.94. The Bertz CT molecular complexity index is 64.9. The molecular formula is C4H14P4. The quantitative estimate of drug-likeness (QED) is 0.550. The molecule has 0 bridgehead atoms. The van der Waals surface area contributed by atoms with Gasteiger partial charge in [0, 0.05) is 0 Å². The van der Waals surface area contributed by atoms with Crippen LogP contribution < -0.4 is 0 Å². The molecule has 4 heteroatoms. The largest absolute Gasteiger partial charge is 0.110 e. The van der Waals surface area contributed by atoms with E-state index in [2.05, 4.69) is 38.6 Å². The highest BCUT2D eigenvalue weighted by atomic mass is 32.6. The number of hydrogen-bond donors (Lipinski definition) is 0. The van der Waals surface area contributed by atoms with E-state index in [1.165, 1.54) is 0 Å². The van der Waals surface area contributed by atoms with Crippen molar-refractivity contribution in [1.82, 2.24) is 0 Å². The smallest absolute Gasteiger partial charge is 0.0106 e. The van der Waals surface area contributed by atoms with Gasteiger partial charge in [0.1, 0.15) is 0 Å². The van der Waals surface area contributed by atoms with Crippen LogP contribution in [0.25, 0.3) is 0 Å². The lowest BCUT2D eigenvalue weighted by atomic mass is 10.3. The molecule has 0 spiro atoms. The van der Waals surface area contributed by atoms with Crippen molar-refractivity contribution in [3.05, 3.63) is 0 Å². The van der Waals surface area contributed by atoms with E-state index >= 15 is 0 Å². The van der Waals surface area contributed by atoms with E-state index in [9.17, 15) is 0 Å². The van der Waals surface area contributed by atoms with Crippen molar-refractivity contribution in [2.24, 2.45) is 0 Å². The third kappa shape index (κ3) is 3.69. The van der Waals surface area contributed by atoms with Crippen LogP contribution in [-0.2, 0) is 0 Å². The van der Waals surface area contributed by atoms with E-state index < -0.39 is 0 Å². The van der Waals surface area contributed by atoms with Crippen molar-refractivity contribution in [3.63, 3.8) is 0 Å². The fraction of sp³-hybridized carbons (Fsp3) is 1.00. The Morgan fingerprint density at radius 2 is 1.75 bits per heavy atom. The standard InChI is InChI=1S/C4H14P4/c1-4(2,3)8(6)7-5/h7H,5-6H2,1-3H3. The van der Waals surface area contributed by atoms with Crippen LogP contribution in [0.2, 0.25) is 0 Å². The van der Waals surface area contributed by atoms with Crippen LogP contribution in [0.4, 0.5) is 0 Å². The summed E-state index contributed by atoms with van der Waals surface area (Å²) >= 11 is 0. The molecule has 0 saturated carbocycles. The molecule has 0 nitrogen and oxygen atoms in total. The van der Waals surface area contributed by atoms with E-state index in [-0.39, 0.29) is 7.30 Å². The fourth-order valence-corrected chi connectivity index (χ4v) is 5.23. The zero-order valence-corrected chi connectivity index (χ0v) is 9.81. The van der Waals surface area contributed by atoms with E-state index in [1.807, 2.05) is 0 Å². The van der Waals surface area contributed by atoms with Gasteiger partial charge < -0.3 is 0 Å². The molecule has 0 aromatic heterocycles. The van der Waals surface area contributed by atoms with Gasteiger partial charge in [-0.25, -0.2) is 0 Å². The first-order valence-electron chi connectivity index (χ1n) is 2.49. The summed E-state index contributed by atoms with van der Waals surface area (Å²) in [7, 11) is 6.97. The van der Waals surface area contributed by atoms with Gasteiger partial charge in [-0.15, -0.1) is 17.9 Å². The molecule has 0 heterocycles. The van der Waals surface area contributed by atoms with E-state index in [4.69, 9.17) is 0 Å². The Labute approximate surface area is 59.6 Å². The summed E-state index contributed by atoms with van der Waals surface area (Å²) in [5.41, 5.74) is 0. The Morgan fingerprint density at radius 1 is 1.38 bits per heavy atom. The van der Waals surface area contributed by atoms with E-state index in [1.54, 1.807) is 0 Å². The minimum Gasteiger partial charge on any atom is -0.110 e. The molecule has 50 valence electrons. The van der Waals surface area contributed by atoms with Gasteiger partial charge in [-0.2, -0.15) is 0 Å². The highest BCUT2D eigenvalue weighted by Crippen LogP contribution is 2.72. The van der Waals surface area contributed by atoms with Crippen molar-refractivity contribution < 1.29 is 0 Å². The summed E-state index contributed by atoms with van der Waals surface area (Å²) in [4.78, 5) is 0. The molecule has 0 aliphatic heterocycles. The van der Waals surface area contributed by atoms with Crippen LogP contribution in [0, 0.1) is 0 Å². The monoisotopic (exact) mass is 186 g/mol. The van der Waals surface area contributed by atoms with Gasteiger partial charge in [0.15, 0.2) is 0 Å². The lowest BCUT2D eigenvalue weighted by Gasteiger charge is -2.25. The van der Waals surface area contributed by atoms with Gasteiger partial charge in [-0.1, -0.05) is 36.0 Å². The summed E-state index contributed by atoms with van der Waals surface area (Å²) in [5.74, 6) is 0. The summed E-state index contributed by atoms with van der Waals surface area (Å²) < 4.78 is 0. The molecule has 0 fully saturated rings. The number of hydrogen-bond acceptors (Lipinski definition) is 0. The van der Waals surface area contributed by atoms with Crippen LogP contribution in [0.15, 0.2) is 0 Å². The molecule has 0 amide bonds. The van der Waals surface area contributed by atoms with Gasteiger partial charge in [-0.05, 0) is 5.16 Å². The van der Waals surface area contributed by atoms with Crippen molar-refractivity contribution in [1.29, 1.82) is 0 Å². The van der Waals surface area contributed by atoms with Crippen molar-refractivity contribution in [3.8, 4) is 0 Å².